The lowest BCUT2D eigenvalue weighted by molar-refractivity contribution is -0.139. The maximum absolute atomic E-state index is 12.5. The number of benzene rings is 3. The summed E-state index contributed by atoms with van der Waals surface area (Å²) in [5, 5.41) is 13.2. The predicted octanol–water partition coefficient (Wildman–Crippen LogP) is 5.72. The number of methoxy groups -OCH3 is 1. The summed E-state index contributed by atoms with van der Waals surface area (Å²) in [6.45, 7) is 0.692. The van der Waals surface area contributed by atoms with Crippen LogP contribution < -0.4 is 19.5 Å². The van der Waals surface area contributed by atoms with Gasteiger partial charge < -0.3 is 24.6 Å². The Bertz CT molecular complexity index is 1250. The molecule has 3 aromatic rings. The third kappa shape index (κ3) is 5.63. The van der Waals surface area contributed by atoms with Gasteiger partial charge >= 0.3 is 5.97 Å². The normalized spacial score (nSPS) is 14.4. The molecule has 3 aromatic carbocycles. The average Bonchev–Trinajstić information content (AvgIpc) is 2.85. The highest BCUT2D eigenvalue weighted by Gasteiger charge is 2.29. The topological polar surface area (TPSA) is 94.1 Å². The smallest absolute Gasteiger partial charge is 0.311 e. The lowest BCUT2D eigenvalue weighted by atomic mass is 9.93. The van der Waals surface area contributed by atoms with Crippen LogP contribution in [-0.4, -0.2) is 37.2 Å². The van der Waals surface area contributed by atoms with Crippen molar-refractivity contribution in [2.75, 3.05) is 20.3 Å². The number of carboxylic acids is 1. The molecule has 182 valence electrons. The quantitative estimate of drug-likeness (QED) is 0.398. The molecule has 1 atom stereocenters. The summed E-state index contributed by atoms with van der Waals surface area (Å²) in [5.41, 5.74) is 1.83. The molecule has 1 unspecified atom stereocenters. The van der Waals surface area contributed by atoms with E-state index >= 15 is 0 Å². The van der Waals surface area contributed by atoms with Crippen LogP contribution in [0.15, 0.2) is 54.6 Å². The van der Waals surface area contributed by atoms with E-state index in [-0.39, 0.29) is 10.9 Å². The van der Waals surface area contributed by atoms with Gasteiger partial charge in [-0.15, -0.1) is 0 Å². The van der Waals surface area contributed by atoms with Gasteiger partial charge in [0.15, 0.2) is 0 Å². The monoisotopic (exact) mass is 515 g/mol. The van der Waals surface area contributed by atoms with Crippen LogP contribution in [0.2, 0.25) is 10.0 Å². The van der Waals surface area contributed by atoms with Gasteiger partial charge in [-0.05, 0) is 55.3 Å². The fourth-order valence-corrected chi connectivity index (χ4v) is 4.37. The molecule has 1 amide bonds. The first-order chi connectivity index (χ1) is 16.9. The van der Waals surface area contributed by atoms with E-state index in [4.69, 9.17) is 37.4 Å². The van der Waals surface area contributed by atoms with Gasteiger partial charge in [0.1, 0.15) is 23.0 Å². The summed E-state index contributed by atoms with van der Waals surface area (Å²) in [6.07, 6.45) is 0.908. The van der Waals surface area contributed by atoms with Crippen LogP contribution in [0.3, 0.4) is 0 Å². The molecular weight excluding hydrogens is 493 g/mol. The van der Waals surface area contributed by atoms with Crippen LogP contribution in [0.25, 0.3) is 0 Å². The van der Waals surface area contributed by atoms with Crippen molar-refractivity contribution in [1.29, 1.82) is 0 Å². The highest BCUT2D eigenvalue weighted by atomic mass is 35.5. The van der Waals surface area contributed by atoms with Crippen LogP contribution in [0, 0.1) is 0 Å². The van der Waals surface area contributed by atoms with Crippen LogP contribution in [0.4, 0.5) is 0 Å². The van der Waals surface area contributed by atoms with E-state index < -0.39 is 11.9 Å². The zero-order valence-corrected chi connectivity index (χ0v) is 20.4. The highest BCUT2D eigenvalue weighted by Crippen LogP contribution is 2.41. The van der Waals surface area contributed by atoms with E-state index in [1.165, 1.54) is 0 Å². The Kier molecular flexibility index (Phi) is 7.68. The molecule has 0 saturated heterocycles. The molecule has 0 aromatic heterocycles. The van der Waals surface area contributed by atoms with Gasteiger partial charge in [-0.1, -0.05) is 29.3 Å². The molecule has 7 nitrogen and oxygen atoms in total. The lowest BCUT2D eigenvalue weighted by Crippen LogP contribution is -2.25. The molecule has 0 aliphatic carbocycles. The van der Waals surface area contributed by atoms with Crippen molar-refractivity contribution in [2.24, 2.45) is 0 Å². The van der Waals surface area contributed by atoms with E-state index in [2.05, 4.69) is 5.32 Å². The van der Waals surface area contributed by atoms with Gasteiger partial charge in [0.25, 0.3) is 5.91 Å². The zero-order chi connectivity index (χ0) is 24.9. The number of hydrogen-bond donors (Lipinski definition) is 2. The molecule has 0 radical (unpaired) electrons. The number of amides is 1. The van der Waals surface area contributed by atoms with E-state index in [1.807, 2.05) is 12.1 Å². The predicted molar refractivity (Wildman–Crippen MR) is 132 cm³/mol. The van der Waals surface area contributed by atoms with Gasteiger partial charge in [0.2, 0.25) is 0 Å². The van der Waals surface area contributed by atoms with Crippen molar-refractivity contribution in [2.45, 2.75) is 18.8 Å². The van der Waals surface area contributed by atoms with Gasteiger partial charge in [0.05, 0.1) is 24.7 Å². The molecule has 0 fully saturated rings. The Morgan fingerprint density at radius 3 is 2.57 bits per heavy atom. The Labute approximate surface area is 212 Å². The van der Waals surface area contributed by atoms with Gasteiger partial charge in [-0.3, -0.25) is 9.59 Å². The number of halogens is 2. The van der Waals surface area contributed by atoms with Crippen molar-refractivity contribution in [1.82, 2.24) is 5.32 Å². The number of nitrogens with one attached hydrogen (secondary N) is 1. The molecule has 0 saturated carbocycles. The SMILES string of the molecule is COc1cccc(Cl)c1CCNC(=O)c1ccc(Oc2cc3c(cc2Cl)C(C(=O)O)CCO3)cc1. The molecule has 0 spiro atoms. The van der Waals surface area contributed by atoms with Crippen LogP contribution >= 0.6 is 23.2 Å². The number of rotatable bonds is 8. The molecule has 1 heterocycles. The van der Waals surface area contributed by atoms with Crippen LogP contribution in [0.1, 0.15) is 33.8 Å². The minimum atomic E-state index is -0.917. The second kappa shape index (κ2) is 10.9. The van der Waals surface area contributed by atoms with E-state index in [0.717, 1.165) is 5.56 Å². The average molecular weight is 516 g/mol. The number of carbonyl (C=O) groups is 2. The molecule has 1 aliphatic rings. The van der Waals surface area contributed by atoms with Crippen molar-refractivity contribution >= 4 is 35.1 Å². The molecule has 35 heavy (non-hydrogen) atoms. The van der Waals surface area contributed by atoms with Crippen LogP contribution in [-0.2, 0) is 11.2 Å². The van der Waals surface area contributed by atoms with Gasteiger partial charge in [-0.25, -0.2) is 0 Å². The maximum atomic E-state index is 12.5. The fourth-order valence-electron chi connectivity index (χ4n) is 3.90. The second-order valence-electron chi connectivity index (χ2n) is 7.90. The first kappa shape index (κ1) is 24.7. The zero-order valence-electron chi connectivity index (χ0n) is 18.8. The number of ether oxygens (including phenoxy) is 3. The maximum Gasteiger partial charge on any atom is 0.311 e. The third-order valence-electron chi connectivity index (χ3n) is 5.70. The van der Waals surface area contributed by atoms with Crippen molar-refractivity contribution in [3.8, 4) is 23.0 Å². The Balaban J connectivity index is 1.39. The summed E-state index contributed by atoms with van der Waals surface area (Å²) >= 11 is 12.6. The van der Waals surface area contributed by atoms with E-state index in [1.54, 1.807) is 49.6 Å². The van der Waals surface area contributed by atoms with E-state index in [0.29, 0.717) is 65.1 Å². The number of aliphatic carboxylic acids is 1. The molecule has 4 rings (SSSR count). The summed E-state index contributed by atoms with van der Waals surface area (Å²) in [4.78, 5) is 24.0. The third-order valence-corrected chi connectivity index (χ3v) is 6.35. The Morgan fingerprint density at radius 1 is 1.09 bits per heavy atom. The summed E-state index contributed by atoms with van der Waals surface area (Å²) < 4.78 is 16.8. The lowest BCUT2D eigenvalue weighted by Gasteiger charge is -2.24. The summed E-state index contributed by atoms with van der Waals surface area (Å²) in [5.74, 6) is 0.105. The van der Waals surface area contributed by atoms with Crippen molar-refractivity contribution < 1.29 is 28.9 Å². The highest BCUT2D eigenvalue weighted by molar-refractivity contribution is 6.32. The van der Waals surface area contributed by atoms with Gasteiger partial charge in [-0.2, -0.15) is 0 Å². The molecule has 2 N–H and O–H groups in total. The molecular formula is C26H23Cl2NO6. The molecule has 9 heteroatoms. The number of carbonyl (C=O) groups excluding carboxylic acids is 1. The molecule has 0 bridgehead atoms. The number of fused-ring (bicyclic) bond motifs is 1. The Hall–Kier alpha value is -3.42. The largest absolute Gasteiger partial charge is 0.496 e. The molecule has 1 aliphatic heterocycles. The van der Waals surface area contributed by atoms with Crippen LogP contribution in [0.5, 0.6) is 23.0 Å². The van der Waals surface area contributed by atoms with Crippen molar-refractivity contribution in [3.63, 3.8) is 0 Å². The van der Waals surface area contributed by atoms with Crippen molar-refractivity contribution in [3.05, 3.63) is 81.3 Å². The standard InChI is InChI=1S/C26H23Cl2NO6/c1-33-22-4-2-3-20(27)18(22)9-11-29-25(30)15-5-7-16(8-6-15)35-24-14-23-19(13-21(24)28)17(26(31)32)10-12-34-23/h2-8,13-14,17H,9-12H2,1H3,(H,29,30)(H,31,32). The summed E-state index contributed by atoms with van der Waals surface area (Å²) in [6, 6.07) is 15.2. The second-order valence-corrected chi connectivity index (χ2v) is 8.72. The number of hydrogen-bond acceptors (Lipinski definition) is 5. The fraction of sp³-hybridized carbons (Fsp3) is 0.231. The first-order valence-electron chi connectivity index (χ1n) is 10.9. The summed E-state index contributed by atoms with van der Waals surface area (Å²) in [7, 11) is 1.58. The van der Waals surface area contributed by atoms with Gasteiger partial charge in [0, 0.05) is 34.3 Å². The minimum Gasteiger partial charge on any atom is -0.496 e. The Morgan fingerprint density at radius 2 is 1.86 bits per heavy atom. The first-order valence-corrected chi connectivity index (χ1v) is 11.7. The van der Waals surface area contributed by atoms with E-state index in [9.17, 15) is 14.7 Å². The number of carboxylic acid groups (broad SMARTS) is 1. The minimum absolute atomic E-state index is 0.234.